The Morgan fingerprint density at radius 3 is 2.79 bits per heavy atom. The maximum absolute atomic E-state index is 11.4. The number of rotatable bonds is 3. The summed E-state index contributed by atoms with van der Waals surface area (Å²) < 4.78 is 0.804. The van der Waals surface area contributed by atoms with E-state index in [0.717, 1.165) is 4.21 Å². The van der Waals surface area contributed by atoms with Crippen LogP contribution in [-0.4, -0.2) is 23.8 Å². The fraction of sp³-hybridized carbons (Fsp3) is 0.333. The van der Waals surface area contributed by atoms with Crippen molar-refractivity contribution in [2.75, 3.05) is 12.9 Å². The molecule has 0 saturated heterocycles. The highest BCUT2D eigenvalue weighted by Gasteiger charge is 2.19. The lowest BCUT2D eigenvalue weighted by atomic mass is 10.1. The van der Waals surface area contributed by atoms with Crippen molar-refractivity contribution in [2.45, 2.75) is 11.1 Å². The number of aliphatic hydroxyl groups is 1. The molecule has 14 heavy (non-hydrogen) atoms. The van der Waals surface area contributed by atoms with E-state index < -0.39 is 6.61 Å². The molecule has 1 aromatic heterocycles. The lowest BCUT2D eigenvalue weighted by Gasteiger charge is -1.98. The predicted octanol–water partition coefficient (Wildman–Crippen LogP) is 1.83. The van der Waals surface area contributed by atoms with E-state index in [-0.39, 0.29) is 5.78 Å². The van der Waals surface area contributed by atoms with Crippen molar-refractivity contribution in [3.8, 4) is 6.07 Å². The van der Waals surface area contributed by atoms with Crippen molar-refractivity contribution < 1.29 is 9.90 Å². The molecule has 74 valence electrons. The van der Waals surface area contributed by atoms with Crippen LogP contribution in [0.15, 0.2) is 4.21 Å². The summed E-state index contributed by atoms with van der Waals surface area (Å²) in [7, 11) is 0. The zero-order chi connectivity index (χ0) is 10.7. The number of Topliss-reactive ketones (excluding diaryl/α,β-unsaturated/α-hetero) is 1. The minimum atomic E-state index is -0.504. The van der Waals surface area contributed by atoms with Crippen molar-refractivity contribution in [1.29, 1.82) is 5.26 Å². The van der Waals surface area contributed by atoms with Crippen LogP contribution in [0.4, 0.5) is 0 Å². The van der Waals surface area contributed by atoms with Gasteiger partial charge in [0.05, 0.1) is 4.21 Å². The number of nitriles is 1. The lowest BCUT2D eigenvalue weighted by Crippen LogP contribution is -2.05. The van der Waals surface area contributed by atoms with Crippen molar-refractivity contribution in [3.05, 3.63) is 16.0 Å². The number of thiophene rings is 1. The van der Waals surface area contributed by atoms with Crippen LogP contribution in [0.1, 0.15) is 20.8 Å². The van der Waals surface area contributed by atoms with E-state index in [9.17, 15) is 4.79 Å². The van der Waals surface area contributed by atoms with Gasteiger partial charge in [0.2, 0.25) is 0 Å². The minimum absolute atomic E-state index is 0.315. The molecule has 0 aliphatic heterocycles. The van der Waals surface area contributed by atoms with Crippen molar-refractivity contribution in [1.82, 2.24) is 0 Å². The summed E-state index contributed by atoms with van der Waals surface area (Å²) in [5.74, 6) is -0.315. The van der Waals surface area contributed by atoms with Gasteiger partial charge in [0, 0.05) is 5.56 Å². The van der Waals surface area contributed by atoms with Gasteiger partial charge < -0.3 is 5.11 Å². The van der Waals surface area contributed by atoms with Crippen molar-refractivity contribution >= 4 is 28.9 Å². The van der Waals surface area contributed by atoms with Gasteiger partial charge in [0.1, 0.15) is 17.6 Å². The molecule has 0 aliphatic rings. The second kappa shape index (κ2) is 4.60. The Balaban J connectivity index is 3.33. The SMILES string of the molecule is CSc1sc(C#N)c(C)c1C(=O)CO. The lowest BCUT2D eigenvalue weighted by molar-refractivity contribution is 0.0901. The Morgan fingerprint density at radius 2 is 2.36 bits per heavy atom. The third-order valence-electron chi connectivity index (χ3n) is 1.82. The van der Waals surface area contributed by atoms with E-state index in [2.05, 4.69) is 0 Å². The maximum Gasteiger partial charge on any atom is 0.190 e. The molecule has 0 saturated carbocycles. The fourth-order valence-electron chi connectivity index (χ4n) is 1.14. The van der Waals surface area contributed by atoms with Crippen LogP contribution in [0, 0.1) is 18.3 Å². The second-order valence-corrected chi connectivity index (χ2v) is 4.71. The normalized spacial score (nSPS) is 9.86. The number of carbonyl (C=O) groups is 1. The molecular weight excluding hydrogens is 218 g/mol. The van der Waals surface area contributed by atoms with Crippen LogP contribution >= 0.6 is 23.1 Å². The summed E-state index contributed by atoms with van der Waals surface area (Å²) in [6, 6.07) is 2.04. The topological polar surface area (TPSA) is 61.1 Å². The summed E-state index contributed by atoms with van der Waals surface area (Å²) in [6.07, 6.45) is 1.85. The van der Waals surface area contributed by atoms with Crippen LogP contribution in [0.5, 0.6) is 0 Å². The van der Waals surface area contributed by atoms with Gasteiger partial charge in [-0.3, -0.25) is 4.79 Å². The molecule has 0 aliphatic carbocycles. The summed E-state index contributed by atoms with van der Waals surface area (Å²) in [5.41, 5.74) is 1.18. The summed E-state index contributed by atoms with van der Waals surface area (Å²) in [6.45, 7) is 1.23. The average molecular weight is 227 g/mol. The molecule has 3 nitrogen and oxygen atoms in total. The van der Waals surface area contributed by atoms with Crippen molar-refractivity contribution in [3.63, 3.8) is 0 Å². The van der Waals surface area contributed by atoms with E-state index in [1.54, 1.807) is 6.92 Å². The Labute approximate surface area is 90.4 Å². The first kappa shape index (κ1) is 11.2. The standard InChI is InChI=1S/C9H9NO2S2/c1-5-7(3-10)14-9(13-2)8(5)6(12)4-11/h11H,4H2,1-2H3. The Morgan fingerprint density at radius 1 is 1.71 bits per heavy atom. The molecule has 0 radical (unpaired) electrons. The highest BCUT2D eigenvalue weighted by atomic mass is 32.2. The van der Waals surface area contributed by atoms with Gasteiger partial charge in [0.15, 0.2) is 5.78 Å². The van der Waals surface area contributed by atoms with Crippen molar-refractivity contribution in [2.24, 2.45) is 0 Å². The summed E-state index contributed by atoms with van der Waals surface area (Å²) in [5, 5.41) is 17.6. The minimum Gasteiger partial charge on any atom is -0.388 e. The van der Waals surface area contributed by atoms with E-state index in [4.69, 9.17) is 10.4 Å². The molecule has 5 heteroatoms. The number of ketones is 1. The molecular formula is C9H9NO2S2. The first-order chi connectivity index (χ1) is 6.65. The van der Waals surface area contributed by atoms with Gasteiger partial charge in [-0.2, -0.15) is 5.26 Å². The second-order valence-electron chi connectivity index (χ2n) is 2.62. The van der Waals surface area contributed by atoms with E-state index in [1.165, 1.54) is 23.1 Å². The number of hydrogen-bond acceptors (Lipinski definition) is 5. The Bertz CT molecular complexity index is 404. The highest BCUT2D eigenvalue weighted by Crippen LogP contribution is 2.34. The molecule has 1 N–H and O–H groups in total. The molecule has 0 bridgehead atoms. The van der Waals surface area contributed by atoms with Gasteiger partial charge in [-0.1, -0.05) is 0 Å². The number of thioether (sulfide) groups is 1. The number of hydrogen-bond donors (Lipinski definition) is 1. The van der Waals surface area contributed by atoms with Gasteiger partial charge in [0.25, 0.3) is 0 Å². The Hall–Kier alpha value is -0.830. The quantitative estimate of drug-likeness (QED) is 0.632. The number of aliphatic hydroxyl groups excluding tert-OH is 1. The maximum atomic E-state index is 11.4. The first-order valence-electron chi connectivity index (χ1n) is 3.87. The van der Waals surface area contributed by atoms with Crippen LogP contribution in [0.25, 0.3) is 0 Å². The molecule has 1 aromatic rings. The Kier molecular flexibility index (Phi) is 3.69. The van der Waals surface area contributed by atoms with Crippen LogP contribution in [0.2, 0.25) is 0 Å². The molecule has 0 amide bonds. The van der Waals surface area contributed by atoms with E-state index in [1.807, 2.05) is 12.3 Å². The molecule has 1 heterocycles. The smallest absolute Gasteiger partial charge is 0.190 e. The van der Waals surface area contributed by atoms with E-state index >= 15 is 0 Å². The third-order valence-corrected chi connectivity index (χ3v) is 4.14. The van der Waals surface area contributed by atoms with Gasteiger partial charge in [-0.05, 0) is 18.7 Å². The first-order valence-corrected chi connectivity index (χ1v) is 5.91. The molecule has 0 atom stereocenters. The zero-order valence-electron chi connectivity index (χ0n) is 7.83. The molecule has 0 fully saturated rings. The molecule has 0 aromatic carbocycles. The third kappa shape index (κ3) is 1.82. The average Bonchev–Trinajstić information content (AvgIpc) is 2.53. The largest absolute Gasteiger partial charge is 0.388 e. The monoisotopic (exact) mass is 227 g/mol. The summed E-state index contributed by atoms with van der Waals surface area (Å²) in [4.78, 5) is 11.9. The molecule has 1 rings (SSSR count). The van der Waals surface area contributed by atoms with Crippen LogP contribution in [-0.2, 0) is 0 Å². The van der Waals surface area contributed by atoms with Crippen LogP contribution in [0.3, 0.4) is 0 Å². The van der Waals surface area contributed by atoms with E-state index in [0.29, 0.717) is 16.0 Å². The molecule has 0 spiro atoms. The highest BCUT2D eigenvalue weighted by molar-refractivity contribution is 8.00. The summed E-state index contributed by atoms with van der Waals surface area (Å²) >= 11 is 2.72. The molecule has 0 unspecified atom stereocenters. The van der Waals surface area contributed by atoms with Gasteiger partial charge in [-0.15, -0.1) is 23.1 Å². The van der Waals surface area contributed by atoms with Crippen LogP contribution < -0.4 is 0 Å². The number of nitrogens with zero attached hydrogens (tertiary/aromatic N) is 1. The van der Waals surface area contributed by atoms with Gasteiger partial charge >= 0.3 is 0 Å². The predicted molar refractivity (Wildman–Crippen MR) is 57.0 cm³/mol. The fourth-order valence-corrected chi connectivity index (χ4v) is 3.05. The number of carbonyl (C=O) groups excluding carboxylic acids is 1. The van der Waals surface area contributed by atoms with Gasteiger partial charge in [-0.25, -0.2) is 0 Å². The zero-order valence-corrected chi connectivity index (χ0v) is 9.46.